The van der Waals surface area contributed by atoms with Crippen LogP contribution in [0.25, 0.3) is 0 Å². The Bertz CT molecular complexity index is 986. The first-order valence-corrected chi connectivity index (χ1v) is 8.93. The number of aryl methyl sites for hydroxylation is 1. The Morgan fingerprint density at radius 2 is 1.82 bits per heavy atom. The van der Waals surface area contributed by atoms with E-state index in [1.807, 2.05) is 6.92 Å². The number of pyridine rings is 1. The van der Waals surface area contributed by atoms with Crippen LogP contribution in [0.3, 0.4) is 0 Å². The summed E-state index contributed by atoms with van der Waals surface area (Å²) in [5.74, 6) is 0.613. The molecule has 0 aliphatic rings. The van der Waals surface area contributed by atoms with E-state index in [2.05, 4.69) is 19.7 Å². The van der Waals surface area contributed by atoms with Crippen molar-refractivity contribution in [2.24, 2.45) is 0 Å². The largest absolute Gasteiger partial charge is 0.434 e. The molecule has 0 bridgehead atoms. The summed E-state index contributed by atoms with van der Waals surface area (Å²) in [5.41, 5.74) is 5.83. The minimum atomic E-state index is -4.54. The molecule has 0 fully saturated rings. The lowest BCUT2D eigenvalue weighted by atomic mass is 10.2. The molecule has 3 aromatic rings. The summed E-state index contributed by atoms with van der Waals surface area (Å²) in [6.45, 7) is 1.82. The predicted molar refractivity (Wildman–Crippen MR) is 101 cm³/mol. The van der Waals surface area contributed by atoms with E-state index in [1.165, 1.54) is 24.5 Å². The summed E-state index contributed by atoms with van der Waals surface area (Å²) < 4.78 is 47.6. The summed E-state index contributed by atoms with van der Waals surface area (Å²) in [5, 5.41) is -0.360. The Kier molecular flexibility index (Phi) is 5.80. The molecule has 2 heterocycles. The van der Waals surface area contributed by atoms with Crippen LogP contribution in [0, 0.1) is 6.92 Å². The summed E-state index contributed by atoms with van der Waals surface area (Å²) in [4.78, 5) is 12.2. The van der Waals surface area contributed by atoms with Gasteiger partial charge in [-0.2, -0.15) is 13.2 Å². The number of nitrogen functional groups attached to an aromatic ring is 1. The van der Waals surface area contributed by atoms with E-state index in [9.17, 15) is 13.2 Å². The molecule has 0 saturated heterocycles. The summed E-state index contributed by atoms with van der Waals surface area (Å²) >= 11 is 6.61. The Morgan fingerprint density at radius 3 is 2.50 bits per heavy atom. The highest BCUT2D eigenvalue weighted by Crippen LogP contribution is 2.38. The van der Waals surface area contributed by atoms with Crippen molar-refractivity contribution in [3.8, 4) is 11.6 Å². The fourth-order valence-corrected chi connectivity index (χ4v) is 3.01. The van der Waals surface area contributed by atoms with E-state index in [0.717, 1.165) is 23.6 Å². The van der Waals surface area contributed by atoms with Crippen molar-refractivity contribution >= 4 is 35.2 Å². The average molecular weight is 428 g/mol. The SMILES string of the molecule is Cc1cnc(Oc2cnc(N)nc2)c(NSc2ccc(Cl)c(C(F)(F)F)c2)c1. The fourth-order valence-electron chi connectivity index (χ4n) is 2.10. The first kappa shape index (κ1) is 20.0. The molecule has 0 saturated carbocycles. The number of ether oxygens (including phenoxy) is 1. The summed E-state index contributed by atoms with van der Waals surface area (Å²) in [7, 11) is 0. The zero-order chi connectivity index (χ0) is 20.3. The number of halogens is 4. The minimum Gasteiger partial charge on any atom is -0.434 e. The van der Waals surface area contributed by atoms with Gasteiger partial charge in [-0.05, 0) is 48.7 Å². The quantitative estimate of drug-likeness (QED) is 0.531. The van der Waals surface area contributed by atoms with Crippen molar-refractivity contribution in [2.45, 2.75) is 18.0 Å². The molecule has 3 N–H and O–H groups in total. The monoisotopic (exact) mass is 427 g/mol. The van der Waals surface area contributed by atoms with Gasteiger partial charge in [0.2, 0.25) is 11.8 Å². The van der Waals surface area contributed by atoms with E-state index in [4.69, 9.17) is 22.1 Å². The molecule has 0 atom stereocenters. The number of aromatic nitrogens is 3. The molecule has 0 aliphatic carbocycles. The van der Waals surface area contributed by atoms with Crippen LogP contribution in [0.2, 0.25) is 5.02 Å². The lowest BCUT2D eigenvalue weighted by Crippen LogP contribution is -2.06. The number of nitrogens with one attached hydrogen (secondary N) is 1. The molecule has 146 valence electrons. The molecule has 0 unspecified atom stereocenters. The molecule has 28 heavy (non-hydrogen) atoms. The molecular formula is C17H13ClF3N5OS. The van der Waals surface area contributed by atoms with Gasteiger partial charge in [0.25, 0.3) is 0 Å². The van der Waals surface area contributed by atoms with Crippen LogP contribution in [0.15, 0.2) is 47.8 Å². The van der Waals surface area contributed by atoms with Crippen molar-refractivity contribution < 1.29 is 17.9 Å². The van der Waals surface area contributed by atoms with Crippen molar-refractivity contribution in [3.63, 3.8) is 0 Å². The van der Waals surface area contributed by atoms with Crippen LogP contribution in [0.5, 0.6) is 11.6 Å². The number of nitrogens with zero attached hydrogens (tertiary/aromatic N) is 3. The number of hydrogen-bond acceptors (Lipinski definition) is 7. The van der Waals surface area contributed by atoms with Crippen LogP contribution < -0.4 is 15.2 Å². The maximum absolute atomic E-state index is 13.0. The second kappa shape index (κ2) is 8.11. The molecule has 2 aromatic heterocycles. The normalized spacial score (nSPS) is 11.3. The molecule has 6 nitrogen and oxygen atoms in total. The number of alkyl halides is 3. The molecule has 3 rings (SSSR count). The second-order valence-corrected chi connectivity index (χ2v) is 6.87. The van der Waals surface area contributed by atoms with Crippen molar-refractivity contribution in [1.29, 1.82) is 0 Å². The molecule has 1 aromatic carbocycles. The molecule has 11 heteroatoms. The molecular weight excluding hydrogens is 415 g/mol. The average Bonchev–Trinajstić information content (AvgIpc) is 2.64. The molecule has 0 amide bonds. The van der Waals surface area contributed by atoms with Crippen LogP contribution >= 0.6 is 23.5 Å². The highest BCUT2D eigenvalue weighted by atomic mass is 35.5. The van der Waals surface area contributed by atoms with Gasteiger partial charge in [0, 0.05) is 11.1 Å². The maximum atomic E-state index is 13.0. The number of benzene rings is 1. The highest BCUT2D eigenvalue weighted by Gasteiger charge is 2.33. The molecule has 0 spiro atoms. The van der Waals surface area contributed by atoms with Gasteiger partial charge in [-0.25, -0.2) is 15.0 Å². The number of hydrogen-bond donors (Lipinski definition) is 2. The number of anilines is 2. The van der Waals surface area contributed by atoms with Gasteiger partial charge in [-0.1, -0.05) is 11.6 Å². The smallest absolute Gasteiger partial charge is 0.417 e. The maximum Gasteiger partial charge on any atom is 0.417 e. The third-order valence-corrected chi connectivity index (χ3v) is 4.51. The third kappa shape index (κ3) is 4.96. The van der Waals surface area contributed by atoms with Crippen LogP contribution in [-0.4, -0.2) is 15.0 Å². The zero-order valence-corrected chi connectivity index (χ0v) is 15.9. The minimum absolute atomic E-state index is 0.0985. The Labute approximate surface area is 167 Å². The Balaban J connectivity index is 1.81. The van der Waals surface area contributed by atoms with E-state index >= 15 is 0 Å². The first-order chi connectivity index (χ1) is 13.2. The summed E-state index contributed by atoms with van der Waals surface area (Å²) in [6, 6.07) is 5.39. The number of rotatable bonds is 5. The Hall–Kier alpha value is -2.72. The van der Waals surface area contributed by atoms with Gasteiger partial charge in [0.15, 0.2) is 5.75 Å². The van der Waals surface area contributed by atoms with Gasteiger partial charge >= 0.3 is 6.18 Å². The third-order valence-electron chi connectivity index (χ3n) is 3.37. The lowest BCUT2D eigenvalue weighted by molar-refractivity contribution is -0.137. The van der Waals surface area contributed by atoms with Crippen LogP contribution in [-0.2, 0) is 6.18 Å². The lowest BCUT2D eigenvalue weighted by Gasteiger charge is -2.13. The van der Waals surface area contributed by atoms with E-state index < -0.39 is 11.7 Å². The fraction of sp³-hybridized carbons (Fsp3) is 0.118. The van der Waals surface area contributed by atoms with Crippen LogP contribution in [0.4, 0.5) is 24.8 Å². The predicted octanol–water partition coefficient (Wildman–Crippen LogP) is 5.35. The first-order valence-electron chi connectivity index (χ1n) is 7.74. The topological polar surface area (TPSA) is 86.0 Å². The summed E-state index contributed by atoms with van der Waals surface area (Å²) in [6.07, 6.45) is -0.180. The van der Waals surface area contributed by atoms with Gasteiger partial charge in [0.05, 0.1) is 23.0 Å². The molecule has 0 radical (unpaired) electrons. The van der Waals surface area contributed by atoms with Crippen LogP contribution in [0.1, 0.15) is 11.1 Å². The van der Waals surface area contributed by atoms with Crippen molar-refractivity contribution in [3.05, 3.63) is 59.0 Å². The zero-order valence-electron chi connectivity index (χ0n) is 14.3. The van der Waals surface area contributed by atoms with Crippen molar-refractivity contribution in [2.75, 3.05) is 10.5 Å². The Morgan fingerprint density at radius 1 is 1.11 bits per heavy atom. The second-order valence-electron chi connectivity index (χ2n) is 5.59. The standard InChI is InChI=1S/C17H13ClF3N5OS/c1-9-4-14(15(23-6-9)27-10-7-24-16(22)25-8-10)26-28-11-2-3-13(18)12(5-11)17(19,20)21/h2-8,26H,1H3,(H2,22,24,25). The van der Waals surface area contributed by atoms with Gasteiger partial charge < -0.3 is 15.2 Å². The number of nitrogens with two attached hydrogens (primary N) is 1. The van der Waals surface area contributed by atoms with Gasteiger partial charge in [-0.3, -0.25) is 0 Å². The van der Waals surface area contributed by atoms with Gasteiger partial charge in [0.1, 0.15) is 5.69 Å². The highest BCUT2D eigenvalue weighted by molar-refractivity contribution is 8.00. The van der Waals surface area contributed by atoms with E-state index in [0.29, 0.717) is 16.3 Å². The van der Waals surface area contributed by atoms with Gasteiger partial charge in [-0.15, -0.1) is 0 Å². The molecule has 0 aliphatic heterocycles. The van der Waals surface area contributed by atoms with E-state index in [1.54, 1.807) is 12.3 Å². The van der Waals surface area contributed by atoms with E-state index in [-0.39, 0.29) is 16.9 Å². The van der Waals surface area contributed by atoms with Crippen molar-refractivity contribution in [1.82, 2.24) is 15.0 Å².